The lowest BCUT2D eigenvalue weighted by atomic mass is 9.76. The minimum absolute atomic E-state index is 0.137. The molecular weight excluding hydrogens is 340 g/mol. The maximum Gasteiger partial charge on any atom is 0.332 e. The third-order valence-electron chi connectivity index (χ3n) is 4.42. The number of hydrazone groups is 1. The second-order valence-electron chi connectivity index (χ2n) is 6.38. The van der Waals surface area contributed by atoms with Crippen molar-refractivity contribution in [2.24, 2.45) is 16.3 Å². The van der Waals surface area contributed by atoms with Crippen molar-refractivity contribution in [2.75, 3.05) is 0 Å². The molecule has 0 atom stereocenters. The molecule has 0 aliphatic heterocycles. The van der Waals surface area contributed by atoms with Gasteiger partial charge in [-0.05, 0) is 18.9 Å². The number of nitrogens with zero attached hydrogens (tertiary/aromatic N) is 1. The summed E-state index contributed by atoms with van der Waals surface area (Å²) in [5.41, 5.74) is 8.04. The number of nitrogens with one attached hydrogen (secondary N) is 2. The molecule has 1 aromatic carbocycles. The van der Waals surface area contributed by atoms with Crippen LogP contribution in [0.1, 0.15) is 38.2 Å². The van der Waals surface area contributed by atoms with Gasteiger partial charge in [-0.2, -0.15) is 5.10 Å². The van der Waals surface area contributed by atoms with Crippen LogP contribution >= 0.6 is 0 Å². The van der Waals surface area contributed by atoms with E-state index in [1.54, 1.807) is 13.0 Å². The highest BCUT2D eigenvalue weighted by molar-refractivity contribution is 5.93. The van der Waals surface area contributed by atoms with E-state index in [2.05, 4.69) is 47.1 Å². The fourth-order valence-electron chi connectivity index (χ4n) is 3.01. The summed E-state index contributed by atoms with van der Waals surface area (Å²) in [6, 6.07) is 9.39. The van der Waals surface area contributed by atoms with Gasteiger partial charge in [0, 0.05) is 5.92 Å². The van der Waals surface area contributed by atoms with E-state index in [-0.39, 0.29) is 11.8 Å². The number of primary amides is 1. The van der Waals surface area contributed by atoms with Crippen LogP contribution in [-0.2, 0) is 4.79 Å². The number of amides is 3. The second kappa shape index (κ2) is 9.52. The molecule has 0 spiro atoms. The molecule has 0 unspecified atom stereocenters. The van der Waals surface area contributed by atoms with Gasteiger partial charge in [0.2, 0.25) is 5.91 Å². The molecule has 0 aromatic heterocycles. The zero-order valence-corrected chi connectivity index (χ0v) is 15.7. The summed E-state index contributed by atoms with van der Waals surface area (Å²) in [6.07, 6.45) is 12.7. The van der Waals surface area contributed by atoms with Crippen LogP contribution in [0.25, 0.3) is 0 Å². The first-order valence-electron chi connectivity index (χ1n) is 9.00. The van der Waals surface area contributed by atoms with Crippen molar-refractivity contribution in [1.29, 1.82) is 0 Å². The van der Waals surface area contributed by atoms with Crippen LogP contribution in [0.5, 0.6) is 0 Å². The van der Waals surface area contributed by atoms with Gasteiger partial charge in [-0.25, -0.2) is 10.2 Å². The highest BCUT2D eigenvalue weighted by Crippen LogP contribution is 2.36. The Labute approximate surface area is 159 Å². The van der Waals surface area contributed by atoms with Gasteiger partial charge in [0.15, 0.2) is 0 Å². The molecule has 27 heavy (non-hydrogen) atoms. The first kappa shape index (κ1) is 20.2. The molecule has 2 rings (SSSR count). The van der Waals surface area contributed by atoms with Crippen molar-refractivity contribution < 1.29 is 9.59 Å². The molecule has 1 aliphatic rings. The number of carbonyl (C=O) groups excluding carboxylic acids is 2. The van der Waals surface area contributed by atoms with E-state index in [9.17, 15) is 9.59 Å². The van der Waals surface area contributed by atoms with E-state index in [1.807, 2.05) is 30.4 Å². The molecule has 3 amide bonds. The fourth-order valence-corrected chi connectivity index (χ4v) is 3.01. The van der Waals surface area contributed by atoms with Gasteiger partial charge in [0.1, 0.15) is 0 Å². The van der Waals surface area contributed by atoms with Gasteiger partial charge in [0.05, 0.1) is 17.3 Å². The van der Waals surface area contributed by atoms with Gasteiger partial charge < -0.3 is 11.1 Å². The van der Waals surface area contributed by atoms with Gasteiger partial charge in [-0.3, -0.25) is 4.79 Å². The third kappa shape index (κ3) is 5.41. The Bertz CT molecular complexity index is 765. The van der Waals surface area contributed by atoms with Crippen LogP contribution in [0.2, 0.25) is 0 Å². The number of allylic oxidation sites excluding steroid dienone is 4. The Morgan fingerprint density at radius 3 is 2.44 bits per heavy atom. The monoisotopic (exact) mass is 366 g/mol. The fraction of sp³-hybridized carbons (Fsp3) is 0.286. The largest absolute Gasteiger partial charge is 0.350 e. The molecule has 0 heterocycles. The lowest BCUT2D eigenvalue weighted by Crippen LogP contribution is -2.39. The normalized spacial score (nSPS) is 22.0. The van der Waals surface area contributed by atoms with Crippen molar-refractivity contribution in [2.45, 2.75) is 32.6 Å². The maximum atomic E-state index is 13.0. The molecule has 1 aliphatic carbocycles. The van der Waals surface area contributed by atoms with E-state index in [4.69, 9.17) is 5.73 Å². The molecule has 0 bridgehead atoms. The Hall–Kier alpha value is -3.15. The highest BCUT2D eigenvalue weighted by atomic mass is 16.2. The number of benzene rings is 1. The van der Waals surface area contributed by atoms with E-state index in [0.29, 0.717) is 12.1 Å². The van der Waals surface area contributed by atoms with E-state index in [1.165, 1.54) is 11.8 Å². The first-order valence-corrected chi connectivity index (χ1v) is 9.00. The molecule has 0 saturated carbocycles. The summed E-state index contributed by atoms with van der Waals surface area (Å²) in [7, 11) is 0. The van der Waals surface area contributed by atoms with Crippen LogP contribution in [-0.4, -0.2) is 18.2 Å². The Kier molecular flexibility index (Phi) is 7.11. The quantitative estimate of drug-likeness (QED) is 0.392. The molecule has 6 heteroatoms. The second-order valence-corrected chi connectivity index (χ2v) is 6.38. The topological polar surface area (TPSA) is 96.6 Å². The lowest BCUT2D eigenvalue weighted by Gasteiger charge is -2.30. The van der Waals surface area contributed by atoms with Crippen molar-refractivity contribution in [1.82, 2.24) is 10.7 Å². The molecule has 0 fully saturated rings. The summed E-state index contributed by atoms with van der Waals surface area (Å²) < 4.78 is 0. The van der Waals surface area contributed by atoms with Crippen LogP contribution in [0.4, 0.5) is 4.79 Å². The van der Waals surface area contributed by atoms with Crippen molar-refractivity contribution in [3.05, 3.63) is 72.0 Å². The van der Waals surface area contributed by atoms with Gasteiger partial charge >= 0.3 is 6.03 Å². The summed E-state index contributed by atoms with van der Waals surface area (Å²) >= 11 is 0. The summed E-state index contributed by atoms with van der Waals surface area (Å²) in [5, 5.41) is 6.56. The average Bonchev–Trinajstić information content (AvgIpc) is 2.68. The molecule has 4 N–H and O–H groups in total. The predicted molar refractivity (Wildman–Crippen MR) is 108 cm³/mol. The minimum atomic E-state index is -0.763. The Balaban J connectivity index is 2.14. The summed E-state index contributed by atoms with van der Waals surface area (Å²) in [5.74, 6) is 0.0217. The van der Waals surface area contributed by atoms with Gasteiger partial charge in [-0.15, -0.1) is 0 Å². The van der Waals surface area contributed by atoms with Crippen LogP contribution < -0.4 is 16.5 Å². The molecule has 0 saturated heterocycles. The number of urea groups is 1. The summed E-state index contributed by atoms with van der Waals surface area (Å²) in [4.78, 5) is 23.7. The minimum Gasteiger partial charge on any atom is -0.350 e. The zero-order valence-electron chi connectivity index (χ0n) is 15.7. The van der Waals surface area contributed by atoms with Crippen molar-refractivity contribution >= 4 is 18.2 Å². The SMILES string of the molecule is C/C=C(\C=N\NC(N)=O)NC(=O)C1(CCC)C=CC(c2ccccc2)C=C1. The predicted octanol–water partition coefficient (Wildman–Crippen LogP) is 3.36. The number of rotatable bonds is 7. The number of hydrogen-bond acceptors (Lipinski definition) is 3. The summed E-state index contributed by atoms with van der Waals surface area (Å²) in [6.45, 7) is 3.82. The van der Waals surface area contributed by atoms with Crippen LogP contribution in [0, 0.1) is 5.41 Å². The third-order valence-corrected chi connectivity index (χ3v) is 4.42. The Morgan fingerprint density at radius 2 is 1.89 bits per heavy atom. The molecule has 1 aromatic rings. The molecular formula is C21H26N4O2. The standard InChI is InChI=1S/C21H26N4O2/c1-3-12-21(19(26)24-18(4-2)15-23-25-20(22)27)13-10-17(11-14-21)16-8-6-5-7-9-16/h4-11,13-15,17H,3,12H2,1-2H3,(H,24,26)(H3,22,25,27)/b18-4+,23-15+. The number of carbonyl (C=O) groups is 2. The van der Waals surface area contributed by atoms with Crippen LogP contribution in [0.3, 0.4) is 0 Å². The highest BCUT2D eigenvalue weighted by Gasteiger charge is 2.34. The van der Waals surface area contributed by atoms with Crippen molar-refractivity contribution in [3.63, 3.8) is 0 Å². The maximum absolute atomic E-state index is 13.0. The molecule has 6 nitrogen and oxygen atoms in total. The lowest BCUT2D eigenvalue weighted by molar-refractivity contribution is -0.126. The van der Waals surface area contributed by atoms with E-state index >= 15 is 0 Å². The molecule has 0 radical (unpaired) electrons. The van der Waals surface area contributed by atoms with Crippen molar-refractivity contribution in [3.8, 4) is 0 Å². The molecule has 142 valence electrons. The van der Waals surface area contributed by atoms with Gasteiger partial charge in [-0.1, -0.05) is 74.1 Å². The Morgan fingerprint density at radius 1 is 1.22 bits per heavy atom. The zero-order chi connectivity index (χ0) is 19.7. The van der Waals surface area contributed by atoms with E-state index < -0.39 is 11.4 Å². The van der Waals surface area contributed by atoms with E-state index in [0.717, 1.165) is 6.42 Å². The number of hydrogen-bond donors (Lipinski definition) is 3. The van der Waals surface area contributed by atoms with Crippen LogP contribution in [0.15, 0.2) is 71.5 Å². The van der Waals surface area contributed by atoms with Gasteiger partial charge in [0.25, 0.3) is 0 Å². The number of nitrogens with two attached hydrogens (primary N) is 1. The average molecular weight is 366 g/mol. The smallest absolute Gasteiger partial charge is 0.332 e. The first-order chi connectivity index (χ1) is 13.0.